The average Bonchev–Trinajstić information content (AvgIpc) is 3.29. The number of hydrogen-bond donors (Lipinski definition) is 2. The average molecular weight is 411 g/mol. The fourth-order valence-electron chi connectivity index (χ4n) is 3.30. The topological polar surface area (TPSA) is 76.7 Å². The summed E-state index contributed by atoms with van der Waals surface area (Å²) in [5.41, 5.74) is 1.61. The predicted molar refractivity (Wildman–Crippen MR) is 117 cm³/mol. The second-order valence-corrected chi connectivity index (χ2v) is 7.46. The quantitative estimate of drug-likeness (QED) is 0.569. The van der Waals surface area contributed by atoms with Crippen molar-refractivity contribution in [1.29, 1.82) is 0 Å². The molecule has 1 heterocycles. The van der Waals surface area contributed by atoms with E-state index in [1.807, 2.05) is 0 Å². The highest BCUT2D eigenvalue weighted by Crippen LogP contribution is 2.16. The first-order chi connectivity index (χ1) is 14.7. The molecule has 2 N–H and O–H groups in total. The molecular formula is C24H30N2O4. The molecule has 0 aliphatic carbocycles. The fraction of sp³-hybridized carbons (Fsp3) is 0.417. The highest BCUT2D eigenvalue weighted by atomic mass is 16.5. The number of unbranched alkanes of at least 4 members (excludes halogenated alkanes) is 2. The molecule has 1 fully saturated rings. The van der Waals surface area contributed by atoms with E-state index >= 15 is 0 Å². The third-order valence-electron chi connectivity index (χ3n) is 5.03. The summed E-state index contributed by atoms with van der Waals surface area (Å²) in [6.07, 6.45) is 5.42. The van der Waals surface area contributed by atoms with Gasteiger partial charge in [-0.1, -0.05) is 25.8 Å². The Morgan fingerprint density at radius 2 is 1.90 bits per heavy atom. The summed E-state index contributed by atoms with van der Waals surface area (Å²) in [6, 6.07) is 14.0. The molecule has 0 spiro atoms. The molecule has 0 saturated carbocycles. The lowest BCUT2D eigenvalue weighted by Crippen LogP contribution is -2.31. The van der Waals surface area contributed by atoms with Crippen LogP contribution in [0.25, 0.3) is 0 Å². The number of hydrogen-bond acceptors (Lipinski definition) is 4. The fourth-order valence-corrected chi connectivity index (χ4v) is 3.30. The van der Waals surface area contributed by atoms with Gasteiger partial charge in [-0.2, -0.15) is 0 Å². The van der Waals surface area contributed by atoms with Crippen molar-refractivity contribution in [2.45, 2.75) is 45.1 Å². The zero-order chi connectivity index (χ0) is 21.2. The second-order valence-electron chi connectivity index (χ2n) is 7.46. The zero-order valence-electron chi connectivity index (χ0n) is 17.5. The van der Waals surface area contributed by atoms with Crippen molar-refractivity contribution in [2.75, 3.05) is 25.1 Å². The van der Waals surface area contributed by atoms with Gasteiger partial charge in [-0.25, -0.2) is 0 Å². The summed E-state index contributed by atoms with van der Waals surface area (Å²) >= 11 is 0. The molecule has 2 aromatic carbocycles. The van der Waals surface area contributed by atoms with Gasteiger partial charge in [0, 0.05) is 30.0 Å². The summed E-state index contributed by atoms with van der Waals surface area (Å²) in [5.74, 6) is 0.350. The van der Waals surface area contributed by atoms with Crippen molar-refractivity contribution in [3.05, 3.63) is 59.7 Å². The number of carbonyl (C=O) groups excluding carboxylic acids is 2. The maximum atomic E-state index is 12.5. The molecule has 1 aliphatic rings. The molecule has 1 atom stereocenters. The Kier molecular flexibility index (Phi) is 8.27. The minimum absolute atomic E-state index is 0.0930. The summed E-state index contributed by atoms with van der Waals surface area (Å²) in [4.78, 5) is 24.9. The van der Waals surface area contributed by atoms with Gasteiger partial charge in [-0.3, -0.25) is 9.59 Å². The normalized spacial score (nSPS) is 15.6. The van der Waals surface area contributed by atoms with Crippen molar-refractivity contribution < 1.29 is 19.1 Å². The first-order valence-electron chi connectivity index (χ1n) is 10.7. The van der Waals surface area contributed by atoms with Crippen molar-refractivity contribution in [1.82, 2.24) is 5.32 Å². The van der Waals surface area contributed by atoms with Crippen LogP contribution in [0.4, 0.5) is 5.69 Å². The van der Waals surface area contributed by atoms with Crippen LogP contribution in [0.3, 0.4) is 0 Å². The van der Waals surface area contributed by atoms with Crippen LogP contribution in [0.2, 0.25) is 0 Å². The molecule has 30 heavy (non-hydrogen) atoms. The van der Waals surface area contributed by atoms with Gasteiger partial charge < -0.3 is 20.1 Å². The van der Waals surface area contributed by atoms with Crippen LogP contribution in [-0.4, -0.2) is 37.7 Å². The van der Waals surface area contributed by atoms with Crippen LogP contribution >= 0.6 is 0 Å². The Morgan fingerprint density at radius 3 is 2.63 bits per heavy atom. The third kappa shape index (κ3) is 6.59. The number of carbonyl (C=O) groups is 2. The molecule has 160 valence electrons. The van der Waals surface area contributed by atoms with Gasteiger partial charge in [-0.15, -0.1) is 0 Å². The molecule has 1 unspecified atom stereocenters. The van der Waals surface area contributed by atoms with E-state index in [0.717, 1.165) is 44.5 Å². The van der Waals surface area contributed by atoms with E-state index in [9.17, 15) is 9.59 Å². The standard InChI is InChI=1S/C24H30N2O4/c1-2-3-4-14-29-21-12-10-18(11-13-21)24(28)26-20-8-5-7-19(16-20)23(27)25-17-22-9-6-15-30-22/h5,7-8,10-13,16,22H,2-4,6,9,14-15,17H2,1H3,(H,25,27)(H,26,28). The lowest BCUT2D eigenvalue weighted by molar-refractivity contribution is 0.0857. The first kappa shape index (κ1) is 21.8. The van der Waals surface area contributed by atoms with E-state index in [1.165, 1.54) is 0 Å². The SMILES string of the molecule is CCCCCOc1ccc(C(=O)Nc2cccc(C(=O)NCC3CCCO3)c2)cc1. The Hall–Kier alpha value is -2.86. The lowest BCUT2D eigenvalue weighted by atomic mass is 10.1. The summed E-state index contributed by atoms with van der Waals surface area (Å²) in [5, 5.41) is 5.74. The summed E-state index contributed by atoms with van der Waals surface area (Å²) < 4.78 is 11.2. The Labute approximate surface area is 178 Å². The van der Waals surface area contributed by atoms with Gasteiger partial charge in [0.1, 0.15) is 5.75 Å². The molecule has 0 bridgehead atoms. The van der Waals surface area contributed by atoms with Crippen LogP contribution in [-0.2, 0) is 4.74 Å². The lowest BCUT2D eigenvalue weighted by Gasteiger charge is -2.12. The van der Waals surface area contributed by atoms with Crippen molar-refractivity contribution in [3.8, 4) is 5.75 Å². The van der Waals surface area contributed by atoms with Crippen molar-refractivity contribution in [3.63, 3.8) is 0 Å². The maximum absolute atomic E-state index is 12.5. The number of ether oxygens (including phenoxy) is 2. The molecule has 0 aromatic heterocycles. The van der Waals surface area contributed by atoms with Crippen molar-refractivity contribution in [2.24, 2.45) is 0 Å². The van der Waals surface area contributed by atoms with E-state index in [1.54, 1.807) is 48.5 Å². The van der Waals surface area contributed by atoms with Gasteiger partial charge in [0.05, 0.1) is 12.7 Å². The minimum Gasteiger partial charge on any atom is -0.494 e. The van der Waals surface area contributed by atoms with Gasteiger partial charge in [0.2, 0.25) is 0 Å². The van der Waals surface area contributed by atoms with Crippen LogP contribution in [0.5, 0.6) is 5.75 Å². The summed E-state index contributed by atoms with van der Waals surface area (Å²) in [6.45, 7) is 4.10. The molecule has 3 rings (SSSR count). The number of anilines is 1. The van der Waals surface area contributed by atoms with Gasteiger partial charge >= 0.3 is 0 Å². The summed E-state index contributed by atoms with van der Waals surface area (Å²) in [7, 11) is 0. The molecule has 1 aliphatic heterocycles. The van der Waals surface area contributed by atoms with E-state index in [0.29, 0.717) is 30.0 Å². The maximum Gasteiger partial charge on any atom is 0.255 e. The third-order valence-corrected chi connectivity index (χ3v) is 5.03. The highest BCUT2D eigenvalue weighted by Gasteiger charge is 2.17. The molecule has 6 heteroatoms. The van der Waals surface area contributed by atoms with Crippen LogP contribution in [0.15, 0.2) is 48.5 Å². The van der Waals surface area contributed by atoms with E-state index < -0.39 is 0 Å². The highest BCUT2D eigenvalue weighted by molar-refractivity contribution is 6.05. The van der Waals surface area contributed by atoms with Crippen LogP contribution in [0.1, 0.15) is 59.7 Å². The number of nitrogens with one attached hydrogen (secondary N) is 2. The Morgan fingerprint density at radius 1 is 1.07 bits per heavy atom. The van der Waals surface area contributed by atoms with Crippen LogP contribution < -0.4 is 15.4 Å². The largest absolute Gasteiger partial charge is 0.494 e. The zero-order valence-corrected chi connectivity index (χ0v) is 17.5. The number of benzene rings is 2. The van der Waals surface area contributed by atoms with E-state index in [2.05, 4.69) is 17.6 Å². The molecule has 0 radical (unpaired) electrons. The Bertz CT molecular complexity index is 829. The van der Waals surface area contributed by atoms with E-state index in [4.69, 9.17) is 9.47 Å². The molecule has 2 amide bonds. The van der Waals surface area contributed by atoms with Gasteiger partial charge in [0.25, 0.3) is 11.8 Å². The predicted octanol–water partition coefficient (Wildman–Crippen LogP) is 4.42. The molecular weight excluding hydrogens is 380 g/mol. The number of amides is 2. The van der Waals surface area contributed by atoms with E-state index in [-0.39, 0.29) is 17.9 Å². The molecule has 6 nitrogen and oxygen atoms in total. The smallest absolute Gasteiger partial charge is 0.255 e. The monoisotopic (exact) mass is 410 g/mol. The van der Waals surface area contributed by atoms with Gasteiger partial charge in [0.15, 0.2) is 0 Å². The first-order valence-corrected chi connectivity index (χ1v) is 10.7. The number of rotatable bonds is 10. The van der Waals surface area contributed by atoms with Crippen molar-refractivity contribution >= 4 is 17.5 Å². The Balaban J connectivity index is 1.52. The minimum atomic E-state index is -0.232. The second kappa shape index (κ2) is 11.4. The molecule has 1 saturated heterocycles. The molecule has 2 aromatic rings. The van der Waals surface area contributed by atoms with Gasteiger partial charge in [-0.05, 0) is 61.7 Å². The van der Waals surface area contributed by atoms with Crippen LogP contribution in [0, 0.1) is 0 Å².